The van der Waals surface area contributed by atoms with Gasteiger partial charge in [-0.15, -0.1) is 0 Å². The van der Waals surface area contributed by atoms with E-state index in [1.165, 1.54) is 7.05 Å². The molecule has 1 atom stereocenters. The van der Waals surface area contributed by atoms with Crippen molar-refractivity contribution in [2.24, 2.45) is 0 Å². The third kappa shape index (κ3) is 4.93. The van der Waals surface area contributed by atoms with Crippen LogP contribution in [-0.4, -0.2) is 32.2 Å². The molecular formula is C20H26N2O3S. The standard InChI is InChI=1S/C20H26N2O3S/c1-5-16(3)17-8-12-19(13-9-17)26(24,25)22(4)14-20(23)21-18-10-6-15(2)7-11-18/h6-13,16H,5,14H2,1-4H3,(H,21,23). The molecule has 0 aromatic heterocycles. The minimum atomic E-state index is -3.71. The van der Waals surface area contributed by atoms with Crippen molar-refractivity contribution >= 4 is 21.6 Å². The number of aryl methyl sites for hydroxylation is 1. The lowest BCUT2D eigenvalue weighted by Crippen LogP contribution is -2.34. The van der Waals surface area contributed by atoms with Gasteiger partial charge >= 0.3 is 0 Å². The van der Waals surface area contributed by atoms with Crippen molar-refractivity contribution in [3.05, 3.63) is 59.7 Å². The predicted molar refractivity (Wildman–Crippen MR) is 105 cm³/mol. The number of nitrogens with one attached hydrogen (secondary N) is 1. The number of rotatable bonds is 7. The summed E-state index contributed by atoms with van der Waals surface area (Å²) in [6, 6.07) is 14.2. The Morgan fingerprint density at radius 2 is 1.65 bits per heavy atom. The summed E-state index contributed by atoms with van der Waals surface area (Å²) >= 11 is 0. The van der Waals surface area contributed by atoms with E-state index in [0.717, 1.165) is 21.9 Å². The summed E-state index contributed by atoms with van der Waals surface area (Å²) < 4.78 is 26.4. The predicted octanol–water partition coefficient (Wildman–Crippen LogP) is 3.77. The maximum atomic E-state index is 12.7. The Labute approximate surface area is 156 Å². The molecule has 2 aromatic rings. The molecule has 6 heteroatoms. The third-order valence-corrected chi connectivity index (χ3v) is 6.29. The second kappa shape index (κ2) is 8.47. The summed E-state index contributed by atoms with van der Waals surface area (Å²) in [6.45, 7) is 5.91. The zero-order valence-corrected chi connectivity index (χ0v) is 16.5. The van der Waals surface area contributed by atoms with Gasteiger partial charge in [-0.3, -0.25) is 4.79 Å². The van der Waals surface area contributed by atoms with E-state index < -0.39 is 10.0 Å². The largest absolute Gasteiger partial charge is 0.325 e. The van der Waals surface area contributed by atoms with E-state index in [0.29, 0.717) is 11.6 Å². The minimum absolute atomic E-state index is 0.190. The molecule has 1 unspecified atom stereocenters. The number of amides is 1. The summed E-state index contributed by atoms with van der Waals surface area (Å²) in [7, 11) is -2.30. The number of benzene rings is 2. The number of anilines is 1. The van der Waals surface area contributed by atoms with Crippen LogP contribution in [0.2, 0.25) is 0 Å². The SMILES string of the molecule is CCC(C)c1ccc(S(=O)(=O)N(C)CC(=O)Nc2ccc(C)cc2)cc1. The van der Waals surface area contributed by atoms with E-state index in [4.69, 9.17) is 0 Å². The molecule has 0 aliphatic heterocycles. The van der Waals surface area contributed by atoms with Crippen LogP contribution in [0.25, 0.3) is 0 Å². The molecular weight excluding hydrogens is 348 g/mol. The molecule has 26 heavy (non-hydrogen) atoms. The second-order valence-electron chi connectivity index (χ2n) is 6.55. The molecule has 2 rings (SSSR count). The van der Waals surface area contributed by atoms with Crippen LogP contribution in [0.1, 0.15) is 37.3 Å². The van der Waals surface area contributed by atoms with Gasteiger partial charge in [0.05, 0.1) is 11.4 Å². The van der Waals surface area contributed by atoms with E-state index in [1.807, 2.05) is 31.2 Å². The van der Waals surface area contributed by atoms with Gasteiger partial charge in [-0.05, 0) is 49.1 Å². The molecule has 0 saturated heterocycles. The molecule has 0 fully saturated rings. The van der Waals surface area contributed by atoms with Gasteiger partial charge in [0.25, 0.3) is 0 Å². The fourth-order valence-corrected chi connectivity index (χ4v) is 3.64. The van der Waals surface area contributed by atoms with Gasteiger partial charge in [-0.2, -0.15) is 4.31 Å². The number of hydrogen-bond donors (Lipinski definition) is 1. The van der Waals surface area contributed by atoms with Crippen LogP contribution in [-0.2, 0) is 14.8 Å². The van der Waals surface area contributed by atoms with Crippen LogP contribution in [0.15, 0.2) is 53.4 Å². The molecule has 1 amide bonds. The second-order valence-corrected chi connectivity index (χ2v) is 8.60. The number of carbonyl (C=O) groups excluding carboxylic acids is 1. The smallest absolute Gasteiger partial charge is 0.243 e. The van der Waals surface area contributed by atoms with Crippen LogP contribution in [0.4, 0.5) is 5.69 Å². The summed E-state index contributed by atoms with van der Waals surface area (Å²) in [5.41, 5.74) is 2.83. The van der Waals surface area contributed by atoms with Crippen molar-refractivity contribution in [2.75, 3.05) is 18.9 Å². The van der Waals surface area contributed by atoms with Crippen molar-refractivity contribution in [1.82, 2.24) is 4.31 Å². The Morgan fingerprint density at radius 1 is 1.08 bits per heavy atom. The average molecular weight is 375 g/mol. The Hall–Kier alpha value is -2.18. The van der Waals surface area contributed by atoms with Gasteiger partial charge in [0.2, 0.25) is 15.9 Å². The zero-order chi connectivity index (χ0) is 19.3. The molecule has 0 spiro atoms. The van der Waals surface area contributed by atoms with Gasteiger partial charge in [0.15, 0.2) is 0 Å². The summed E-state index contributed by atoms with van der Waals surface area (Å²) in [4.78, 5) is 12.3. The molecule has 5 nitrogen and oxygen atoms in total. The minimum Gasteiger partial charge on any atom is -0.325 e. The van der Waals surface area contributed by atoms with Crippen LogP contribution >= 0.6 is 0 Å². The Bertz CT molecular complexity index is 844. The third-order valence-electron chi connectivity index (χ3n) is 4.47. The van der Waals surface area contributed by atoms with Gasteiger partial charge < -0.3 is 5.32 Å². The fraction of sp³-hybridized carbons (Fsp3) is 0.350. The van der Waals surface area contributed by atoms with Gasteiger partial charge in [0.1, 0.15) is 0 Å². The highest BCUT2D eigenvalue weighted by atomic mass is 32.2. The maximum Gasteiger partial charge on any atom is 0.243 e. The first kappa shape index (κ1) is 20.1. The van der Waals surface area contributed by atoms with Gasteiger partial charge in [0, 0.05) is 12.7 Å². The van der Waals surface area contributed by atoms with Crippen LogP contribution in [0, 0.1) is 6.92 Å². The van der Waals surface area contributed by atoms with E-state index in [-0.39, 0.29) is 17.3 Å². The van der Waals surface area contributed by atoms with Gasteiger partial charge in [-0.1, -0.05) is 43.7 Å². The lowest BCUT2D eigenvalue weighted by molar-refractivity contribution is -0.116. The highest BCUT2D eigenvalue weighted by Crippen LogP contribution is 2.22. The number of likely N-dealkylation sites (N-methyl/N-ethyl adjacent to an activating group) is 1. The van der Waals surface area contributed by atoms with Crippen LogP contribution < -0.4 is 5.32 Å². The van der Waals surface area contributed by atoms with Crippen molar-refractivity contribution in [3.8, 4) is 0 Å². The van der Waals surface area contributed by atoms with E-state index >= 15 is 0 Å². The quantitative estimate of drug-likeness (QED) is 0.802. The van der Waals surface area contributed by atoms with E-state index in [2.05, 4.69) is 19.2 Å². The first-order chi connectivity index (χ1) is 12.2. The number of carbonyl (C=O) groups is 1. The highest BCUT2D eigenvalue weighted by molar-refractivity contribution is 7.89. The van der Waals surface area contributed by atoms with Crippen molar-refractivity contribution in [1.29, 1.82) is 0 Å². The van der Waals surface area contributed by atoms with Crippen molar-refractivity contribution in [2.45, 2.75) is 38.0 Å². The number of nitrogens with zero attached hydrogens (tertiary/aromatic N) is 1. The molecule has 1 N–H and O–H groups in total. The molecule has 2 aromatic carbocycles. The topological polar surface area (TPSA) is 66.5 Å². The molecule has 140 valence electrons. The fourth-order valence-electron chi connectivity index (χ4n) is 2.51. The monoisotopic (exact) mass is 374 g/mol. The molecule has 0 radical (unpaired) electrons. The highest BCUT2D eigenvalue weighted by Gasteiger charge is 2.23. The zero-order valence-electron chi connectivity index (χ0n) is 15.7. The molecule has 0 bridgehead atoms. The average Bonchev–Trinajstić information content (AvgIpc) is 2.63. The first-order valence-electron chi connectivity index (χ1n) is 8.67. The van der Waals surface area contributed by atoms with Crippen LogP contribution in [0.3, 0.4) is 0 Å². The molecule has 0 saturated carbocycles. The Morgan fingerprint density at radius 3 is 2.19 bits per heavy atom. The van der Waals surface area contributed by atoms with Gasteiger partial charge in [-0.25, -0.2) is 8.42 Å². The molecule has 0 heterocycles. The maximum absolute atomic E-state index is 12.7. The number of sulfonamides is 1. The van der Waals surface area contributed by atoms with Crippen LogP contribution in [0.5, 0.6) is 0 Å². The lowest BCUT2D eigenvalue weighted by atomic mass is 9.99. The summed E-state index contributed by atoms with van der Waals surface area (Å²) in [6.07, 6.45) is 0.991. The Kier molecular flexibility index (Phi) is 6.56. The summed E-state index contributed by atoms with van der Waals surface area (Å²) in [5.74, 6) is 0.000856. The lowest BCUT2D eigenvalue weighted by Gasteiger charge is -2.18. The normalized spacial score (nSPS) is 12.8. The van der Waals surface area contributed by atoms with Crippen molar-refractivity contribution in [3.63, 3.8) is 0 Å². The van der Waals surface area contributed by atoms with E-state index in [9.17, 15) is 13.2 Å². The molecule has 0 aliphatic rings. The summed E-state index contributed by atoms with van der Waals surface area (Å²) in [5, 5.41) is 2.71. The number of hydrogen-bond acceptors (Lipinski definition) is 3. The van der Waals surface area contributed by atoms with E-state index in [1.54, 1.807) is 24.3 Å². The van der Waals surface area contributed by atoms with Crippen molar-refractivity contribution < 1.29 is 13.2 Å². The first-order valence-corrected chi connectivity index (χ1v) is 10.1. The Balaban J connectivity index is 2.05. The molecule has 0 aliphatic carbocycles.